The van der Waals surface area contributed by atoms with E-state index in [0.717, 1.165) is 53.4 Å². The second-order valence-electron chi connectivity index (χ2n) is 5.75. The van der Waals surface area contributed by atoms with Crippen molar-refractivity contribution in [1.82, 2.24) is 14.9 Å². The van der Waals surface area contributed by atoms with Crippen LogP contribution in [0.25, 0.3) is 21.8 Å². The predicted octanol–water partition coefficient (Wildman–Crippen LogP) is 3.26. The third-order valence-corrected chi connectivity index (χ3v) is 4.21. The van der Waals surface area contributed by atoms with E-state index in [-0.39, 0.29) is 5.91 Å². The number of rotatable bonds is 1. The molecule has 0 spiro atoms. The van der Waals surface area contributed by atoms with E-state index < -0.39 is 0 Å². The quantitative estimate of drug-likeness (QED) is 0.743. The van der Waals surface area contributed by atoms with Crippen LogP contribution in [-0.2, 0) is 0 Å². The number of pyridine rings is 1. The van der Waals surface area contributed by atoms with Crippen molar-refractivity contribution in [1.29, 1.82) is 0 Å². The summed E-state index contributed by atoms with van der Waals surface area (Å²) in [5.74, 6) is 0.0597. The van der Waals surface area contributed by atoms with Gasteiger partial charge < -0.3 is 9.88 Å². The van der Waals surface area contributed by atoms with Crippen LogP contribution in [0.15, 0.2) is 30.3 Å². The Morgan fingerprint density at radius 3 is 2.67 bits per heavy atom. The van der Waals surface area contributed by atoms with Crippen LogP contribution >= 0.6 is 0 Å². The molecule has 4 nitrogen and oxygen atoms in total. The van der Waals surface area contributed by atoms with Gasteiger partial charge in [-0.25, -0.2) is 4.98 Å². The van der Waals surface area contributed by atoms with Gasteiger partial charge in [-0.1, -0.05) is 18.2 Å². The van der Waals surface area contributed by atoms with Crippen LogP contribution in [0, 0.1) is 6.92 Å². The van der Waals surface area contributed by atoms with Gasteiger partial charge in [0.2, 0.25) is 0 Å². The Bertz CT molecular complexity index is 844. The molecular weight excluding hydrogens is 262 g/mol. The highest BCUT2D eigenvalue weighted by molar-refractivity contribution is 6.07. The summed E-state index contributed by atoms with van der Waals surface area (Å²) in [6.07, 6.45) is 2.20. The molecule has 0 aliphatic carbocycles. The Kier molecular flexibility index (Phi) is 2.70. The lowest BCUT2D eigenvalue weighted by Gasteiger charge is -2.12. The summed E-state index contributed by atoms with van der Waals surface area (Å²) in [6.45, 7) is 3.74. The van der Waals surface area contributed by atoms with E-state index in [1.807, 2.05) is 30.0 Å². The number of fused-ring (bicyclic) bond motifs is 3. The fraction of sp³-hybridized carbons (Fsp3) is 0.294. The standard InChI is InChI=1S/C17H17N3O/c1-11-4-5-12-6-7-13-10-14(19-16(13)15(12)18-11)17(21)20-8-2-3-9-20/h4-7,10,18H,2-3,8-9H2,1H3. The fourth-order valence-electron chi connectivity index (χ4n) is 3.08. The molecule has 1 N–H and O–H groups in total. The zero-order chi connectivity index (χ0) is 14.4. The Morgan fingerprint density at radius 2 is 1.86 bits per heavy atom. The van der Waals surface area contributed by atoms with Crippen molar-refractivity contribution in [2.24, 2.45) is 0 Å². The largest absolute Gasteiger partial charge is 0.357 e. The first kappa shape index (κ1) is 12.4. The summed E-state index contributed by atoms with van der Waals surface area (Å²) in [5, 5.41) is 2.14. The van der Waals surface area contributed by atoms with Gasteiger partial charge in [0.25, 0.3) is 5.91 Å². The third-order valence-electron chi connectivity index (χ3n) is 4.21. The van der Waals surface area contributed by atoms with Crippen molar-refractivity contribution < 1.29 is 4.79 Å². The first-order valence-electron chi connectivity index (χ1n) is 7.41. The van der Waals surface area contributed by atoms with Crippen molar-refractivity contribution in [3.8, 4) is 0 Å². The number of benzene rings is 1. The van der Waals surface area contributed by atoms with Gasteiger partial charge in [-0.05, 0) is 31.9 Å². The predicted molar refractivity (Wildman–Crippen MR) is 83.5 cm³/mol. The molecule has 1 aromatic carbocycles. The molecule has 3 heterocycles. The van der Waals surface area contributed by atoms with Gasteiger partial charge in [-0.15, -0.1) is 0 Å². The van der Waals surface area contributed by atoms with E-state index >= 15 is 0 Å². The number of nitrogens with one attached hydrogen (secondary N) is 1. The molecule has 0 saturated carbocycles. The normalized spacial score (nSPS) is 15.2. The molecule has 21 heavy (non-hydrogen) atoms. The maximum Gasteiger partial charge on any atom is 0.272 e. The molecule has 4 heteroatoms. The van der Waals surface area contributed by atoms with Crippen LogP contribution < -0.4 is 0 Å². The molecule has 106 valence electrons. The average molecular weight is 279 g/mol. The number of amides is 1. The molecule has 0 bridgehead atoms. The van der Waals surface area contributed by atoms with Crippen molar-refractivity contribution in [2.75, 3.05) is 13.1 Å². The molecule has 4 rings (SSSR count). The van der Waals surface area contributed by atoms with Gasteiger partial charge in [0.1, 0.15) is 5.69 Å². The minimum absolute atomic E-state index is 0.0597. The number of carbonyl (C=O) groups excluding carboxylic acids is 1. The van der Waals surface area contributed by atoms with E-state index in [9.17, 15) is 4.79 Å². The van der Waals surface area contributed by atoms with Gasteiger partial charge in [-0.2, -0.15) is 0 Å². The number of aryl methyl sites for hydroxylation is 1. The molecule has 1 fully saturated rings. The Morgan fingerprint density at radius 1 is 1.14 bits per heavy atom. The van der Waals surface area contributed by atoms with E-state index in [1.165, 1.54) is 0 Å². The van der Waals surface area contributed by atoms with Gasteiger partial charge in [0.05, 0.1) is 11.0 Å². The number of aromatic amines is 1. The number of H-pyrrole nitrogens is 1. The van der Waals surface area contributed by atoms with Gasteiger partial charge in [-0.3, -0.25) is 4.79 Å². The number of likely N-dealkylation sites (tertiary alicyclic amines) is 1. The van der Waals surface area contributed by atoms with Crippen LogP contribution in [-0.4, -0.2) is 33.9 Å². The van der Waals surface area contributed by atoms with E-state index in [1.54, 1.807) is 0 Å². The van der Waals surface area contributed by atoms with Crippen LogP contribution in [0.1, 0.15) is 29.0 Å². The Labute approximate surface area is 122 Å². The first-order valence-corrected chi connectivity index (χ1v) is 7.41. The summed E-state index contributed by atoms with van der Waals surface area (Å²) in [7, 11) is 0. The summed E-state index contributed by atoms with van der Waals surface area (Å²) in [5.41, 5.74) is 3.55. The summed E-state index contributed by atoms with van der Waals surface area (Å²) >= 11 is 0. The van der Waals surface area contributed by atoms with Gasteiger partial charge in [0.15, 0.2) is 0 Å². The highest BCUT2D eigenvalue weighted by Gasteiger charge is 2.22. The zero-order valence-corrected chi connectivity index (χ0v) is 12.0. The lowest BCUT2D eigenvalue weighted by molar-refractivity contribution is 0.0788. The molecule has 1 aliphatic rings. The first-order chi connectivity index (χ1) is 10.2. The fourth-order valence-corrected chi connectivity index (χ4v) is 3.08. The van der Waals surface area contributed by atoms with E-state index in [2.05, 4.69) is 22.1 Å². The smallest absolute Gasteiger partial charge is 0.272 e. The third kappa shape index (κ3) is 1.98. The molecule has 0 atom stereocenters. The van der Waals surface area contributed by atoms with Gasteiger partial charge in [0, 0.05) is 29.6 Å². The second kappa shape index (κ2) is 4.58. The molecule has 0 radical (unpaired) electrons. The number of hydrogen-bond acceptors (Lipinski definition) is 2. The molecule has 2 aromatic heterocycles. The Balaban J connectivity index is 1.87. The highest BCUT2D eigenvalue weighted by Crippen LogP contribution is 2.25. The highest BCUT2D eigenvalue weighted by atomic mass is 16.2. The SMILES string of the molecule is Cc1ccc2ccc3cc(C(=O)N4CCCC4)nc3c2[nH]1. The number of carbonyl (C=O) groups is 1. The van der Waals surface area contributed by atoms with Crippen molar-refractivity contribution in [3.63, 3.8) is 0 Å². The maximum atomic E-state index is 12.5. The van der Waals surface area contributed by atoms with Crippen LogP contribution in [0.3, 0.4) is 0 Å². The van der Waals surface area contributed by atoms with E-state index in [0.29, 0.717) is 5.69 Å². The number of aromatic nitrogens is 2. The Hall–Kier alpha value is -2.36. The lowest BCUT2D eigenvalue weighted by atomic mass is 10.1. The number of nitrogens with zero attached hydrogens (tertiary/aromatic N) is 2. The minimum Gasteiger partial charge on any atom is -0.357 e. The second-order valence-corrected chi connectivity index (χ2v) is 5.75. The monoisotopic (exact) mass is 279 g/mol. The summed E-state index contributed by atoms with van der Waals surface area (Å²) in [6, 6.07) is 10.1. The summed E-state index contributed by atoms with van der Waals surface area (Å²) < 4.78 is 0. The average Bonchev–Trinajstić information content (AvgIpc) is 3.15. The molecule has 1 saturated heterocycles. The van der Waals surface area contributed by atoms with Crippen LogP contribution in [0.2, 0.25) is 0 Å². The summed E-state index contributed by atoms with van der Waals surface area (Å²) in [4.78, 5) is 22.3. The maximum absolute atomic E-state index is 12.5. The van der Waals surface area contributed by atoms with Crippen LogP contribution in [0.5, 0.6) is 0 Å². The van der Waals surface area contributed by atoms with Crippen molar-refractivity contribution in [3.05, 3.63) is 41.7 Å². The molecule has 0 unspecified atom stereocenters. The zero-order valence-electron chi connectivity index (χ0n) is 12.0. The van der Waals surface area contributed by atoms with Crippen molar-refractivity contribution >= 4 is 27.7 Å². The molecule has 3 aromatic rings. The minimum atomic E-state index is 0.0597. The molecule has 1 aliphatic heterocycles. The number of hydrogen-bond donors (Lipinski definition) is 1. The molecular formula is C17H17N3O. The molecule has 1 amide bonds. The topological polar surface area (TPSA) is 49.0 Å². The lowest BCUT2D eigenvalue weighted by Crippen LogP contribution is -2.27. The van der Waals surface area contributed by atoms with E-state index in [4.69, 9.17) is 0 Å². The van der Waals surface area contributed by atoms with Crippen LogP contribution in [0.4, 0.5) is 0 Å². The van der Waals surface area contributed by atoms with Gasteiger partial charge >= 0.3 is 0 Å². The van der Waals surface area contributed by atoms with Crippen molar-refractivity contribution in [2.45, 2.75) is 19.8 Å².